The highest BCUT2D eigenvalue weighted by atomic mass is 35.5. The number of halogens is 1. The smallest absolute Gasteiger partial charge is 0.274 e. The molecule has 0 bridgehead atoms. The van der Waals surface area contributed by atoms with E-state index in [4.69, 9.17) is 22.2 Å². The van der Waals surface area contributed by atoms with Crippen molar-refractivity contribution in [1.29, 1.82) is 0 Å². The number of methoxy groups -OCH3 is 1. The van der Waals surface area contributed by atoms with Crippen molar-refractivity contribution in [2.24, 2.45) is 5.84 Å². The lowest BCUT2D eigenvalue weighted by molar-refractivity contribution is 0.102. The van der Waals surface area contributed by atoms with Gasteiger partial charge in [0.25, 0.3) is 5.91 Å². The molecule has 20 heavy (non-hydrogen) atoms. The largest absolute Gasteiger partial charge is 0.495 e. The van der Waals surface area contributed by atoms with Gasteiger partial charge in [-0.2, -0.15) is 0 Å². The Morgan fingerprint density at radius 2 is 2.15 bits per heavy atom. The van der Waals surface area contributed by atoms with Gasteiger partial charge < -0.3 is 15.5 Å². The van der Waals surface area contributed by atoms with Gasteiger partial charge in [-0.3, -0.25) is 4.79 Å². The minimum atomic E-state index is -0.358. The van der Waals surface area contributed by atoms with Crippen molar-refractivity contribution in [3.05, 3.63) is 47.1 Å². The van der Waals surface area contributed by atoms with Crippen molar-refractivity contribution < 1.29 is 9.53 Å². The van der Waals surface area contributed by atoms with Crippen LogP contribution in [0.25, 0.3) is 0 Å². The summed E-state index contributed by atoms with van der Waals surface area (Å²) in [5.74, 6) is 5.84. The van der Waals surface area contributed by atoms with Gasteiger partial charge in [0.05, 0.1) is 12.1 Å². The minimum absolute atomic E-state index is 0.243. The van der Waals surface area contributed by atoms with Crippen LogP contribution in [0.15, 0.2) is 36.4 Å². The number of hydrogen-bond donors (Lipinski definition) is 3. The predicted octanol–water partition coefficient (Wildman–Crippen LogP) is 2.28. The standard InChI is InChI=1S/C13H13ClN4O2/c1-20-11-6-5-8(7-9(11)14)16-13(19)10-3-2-4-12(17-10)18-15/h2-7H,15H2,1H3,(H,16,19)(H,17,18). The molecule has 7 heteroatoms. The maximum absolute atomic E-state index is 12.0. The number of nitrogen functional groups attached to an aromatic ring is 1. The van der Waals surface area contributed by atoms with Crippen molar-refractivity contribution in [2.75, 3.05) is 17.9 Å². The average Bonchev–Trinajstić information content (AvgIpc) is 2.47. The van der Waals surface area contributed by atoms with E-state index < -0.39 is 0 Å². The summed E-state index contributed by atoms with van der Waals surface area (Å²) in [4.78, 5) is 16.1. The summed E-state index contributed by atoms with van der Waals surface area (Å²) < 4.78 is 5.04. The predicted molar refractivity (Wildman–Crippen MR) is 78.0 cm³/mol. The first kappa shape index (κ1) is 14.1. The van der Waals surface area contributed by atoms with Crippen LogP contribution in [0.2, 0.25) is 5.02 Å². The van der Waals surface area contributed by atoms with E-state index in [0.29, 0.717) is 22.3 Å². The van der Waals surface area contributed by atoms with Crippen molar-refractivity contribution in [1.82, 2.24) is 4.98 Å². The summed E-state index contributed by atoms with van der Waals surface area (Å²) in [5, 5.41) is 3.10. The molecule has 0 saturated carbocycles. The van der Waals surface area contributed by atoms with E-state index in [0.717, 1.165) is 0 Å². The van der Waals surface area contributed by atoms with Crippen LogP contribution >= 0.6 is 11.6 Å². The van der Waals surface area contributed by atoms with Crippen molar-refractivity contribution in [3.8, 4) is 5.75 Å². The molecule has 0 spiro atoms. The summed E-state index contributed by atoms with van der Waals surface area (Å²) >= 11 is 5.99. The van der Waals surface area contributed by atoms with Crippen LogP contribution in [0.5, 0.6) is 5.75 Å². The molecule has 0 radical (unpaired) electrons. The third kappa shape index (κ3) is 3.17. The van der Waals surface area contributed by atoms with Crippen LogP contribution in [-0.4, -0.2) is 18.0 Å². The summed E-state index contributed by atoms with van der Waals surface area (Å²) in [6.45, 7) is 0. The first-order valence-electron chi connectivity index (χ1n) is 5.72. The minimum Gasteiger partial charge on any atom is -0.495 e. The molecule has 0 aliphatic rings. The summed E-state index contributed by atoms with van der Waals surface area (Å²) in [7, 11) is 1.52. The molecule has 0 saturated heterocycles. The molecule has 6 nitrogen and oxygen atoms in total. The van der Waals surface area contributed by atoms with E-state index in [-0.39, 0.29) is 11.6 Å². The first-order chi connectivity index (χ1) is 9.63. The fourth-order valence-electron chi connectivity index (χ4n) is 1.58. The van der Waals surface area contributed by atoms with Crippen molar-refractivity contribution >= 4 is 29.0 Å². The van der Waals surface area contributed by atoms with Crippen molar-refractivity contribution in [2.45, 2.75) is 0 Å². The van der Waals surface area contributed by atoms with Crippen LogP contribution in [0, 0.1) is 0 Å². The number of carbonyl (C=O) groups is 1. The normalized spacial score (nSPS) is 9.95. The molecule has 1 aromatic heterocycles. The Labute approximate surface area is 120 Å². The van der Waals surface area contributed by atoms with Crippen LogP contribution in [0.3, 0.4) is 0 Å². The van der Waals surface area contributed by atoms with Gasteiger partial charge in [-0.15, -0.1) is 0 Å². The fraction of sp³-hybridized carbons (Fsp3) is 0.0769. The van der Waals surface area contributed by atoms with Gasteiger partial charge in [0, 0.05) is 5.69 Å². The van der Waals surface area contributed by atoms with Crippen LogP contribution in [0.4, 0.5) is 11.5 Å². The Bertz CT molecular complexity index is 634. The quantitative estimate of drug-likeness (QED) is 0.594. The number of amides is 1. The Morgan fingerprint density at radius 3 is 2.80 bits per heavy atom. The highest BCUT2D eigenvalue weighted by Crippen LogP contribution is 2.27. The molecular formula is C13H13ClN4O2. The Balaban J connectivity index is 2.16. The number of pyridine rings is 1. The number of ether oxygens (including phenoxy) is 1. The van der Waals surface area contributed by atoms with Gasteiger partial charge in [0.1, 0.15) is 17.3 Å². The third-order valence-corrected chi connectivity index (χ3v) is 2.83. The molecule has 104 valence electrons. The molecule has 1 aromatic carbocycles. The zero-order valence-corrected chi connectivity index (χ0v) is 11.4. The second kappa shape index (κ2) is 6.23. The van der Waals surface area contributed by atoms with Gasteiger partial charge in [0.15, 0.2) is 0 Å². The molecule has 1 heterocycles. The number of rotatable bonds is 4. The Kier molecular flexibility index (Phi) is 4.39. The molecule has 0 aliphatic heterocycles. The molecule has 0 atom stereocenters. The second-order valence-corrected chi connectivity index (χ2v) is 4.26. The maximum Gasteiger partial charge on any atom is 0.274 e. The number of anilines is 2. The highest BCUT2D eigenvalue weighted by molar-refractivity contribution is 6.32. The van der Waals surface area contributed by atoms with Gasteiger partial charge in [-0.25, -0.2) is 10.8 Å². The van der Waals surface area contributed by atoms with Crippen LogP contribution in [-0.2, 0) is 0 Å². The number of aromatic nitrogens is 1. The van der Waals surface area contributed by atoms with E-state index in [1.165, 1.54) is 7.11 Å². The molecule has 2 rings (SSSR count). The van der Waals surface area contributed by atoms with E-state index in [2.05, 4.69) is 15.7 Å². The molecule has 0 unspecified atom stereocenters. The number of nitrogens with two attached hydrogens (primary N) is 1. The monoisotopic (exact) mass is 292 g/mol. The third-order valence-electron chi connectivity index (χ3n) is 2.54. The zero-order valence-electron chi connectivity index (χ0n) is 10.7. The number of nitrogens with one attached hydrogen (secondary N) is 2. The molecule has 0 fully saturated rings. The second-order valence-electron chi connectivity index (χ2n) is 3.86. The van der Waals surface area contributed by atoms with Gasteiger partial charge in [-0.1, -0.05) is 17.7 Å². The lowest BCUT2D eigenvalue weighted by Crippen LogP contribution is -2.16. The molecule has 0 aliphatic carbocycles. The number of nitrogens with zero attached hydrogens (tertiary/aromatic N) is 1. The lowest BCUT2D eigenvalue weighted by Gasteiger charge is -2.08. The SMILES string of the molecule is COc1ccc(NC(=O)c2cccc(NN)n2)cc1Cl. The molecule has 4 N–H and O–H groups in total. The molecular weight excluding hydrogens is 280 g/mol. The lowest BCUT2D eigenvalue weighted by atomic mass is 10.2. The van der Waals surface area contributed by atoms with Crippen LogP contribution < -0.4 is 21.3 Å². The zero-order chi connectivity index (χ0) is 14.5. The van der Waals surface area contributed by atoms with Gasteiger partial charge in [-0.05, 0) is 30.3 Å². The number of benzene rings is 1. The van der Waals surface area contributed by atoms with E-state index in [9.17, 15) is 4.79 Å². The first-order valence-corrected chi connectivity index (χ1v) is 6.10. The van der Waals surface area contributed by atoms with Gasteiger partial charge in [0.2, 0.25) is 0 Å². The van der Waals surface area contributed by atoms with Gasteiger partial charge >= 0.3 is 0 Å². The van der Waals surface area contributed by atoms with Crippen LogP contribution in [0.1, 0.15) is 10.5 Å². The summed E-state index contributed by atoms with van der Waals surface area (Å²) in [5.41, 5.74) is 3.17. The number of hydrogen-bond acceptors (Lipinski definition) is 5. The number of hydrazine groups is 1. The Morgan fingerprint density at radius 1 is 1.35 bits per heavy atom. The van der Waals surface area contributed by atoms with E-state index >= 15 is 0 Å². The summed E-state index contributed by atoms with van der Waals surface area (Å²) in [6.07, 6.45) is 0. The van der Waals surface area contributed by atoms with E-state index in [1.54, 1.807) is 36.4 Å². The number of carbonyl (C=O) groups excluding carboxylic acids is 1. The van der Waals surface area contributed by atoms with Crippen molar-refractivity contribution in [3.63, 3.8) is 0 Å². The Hall–Kier alpha value is -2.31. The molecule has 1 amide bonds. The average molecular weight is 293 g/mol. The molecule has 2 aromatic rings. The fourth-order valence-corrected chi connectivity index (χ4v) is 1.84. The topological polar surface area (TPSA) is 89.3 Å². The maximum atomic E-state index is 12.0. The summed E-state index contributed by atoms with van der Waals surface area (Å²) in [6, 6.07) is 9.88. The van der Waals surface area contributed by atoms with E-state index in [1.807, 2.05) is 0 Å². The highest BCUT2D eigenvalue weighted by Gasteiger charge is 2.09.